The molecule has 2 N–H and O–H groups in total. The van der Waals surface area contributed by atoms with E-state index in [1.807, 2.05) is 0 Å². The number of amides is 1. The number of nitro groups is 1. The number of aliphatic hydroxyl groups is 1. The molecule has 2 aliphatic rings. The van der Waals surface area contributed by atoms with Gasteiger partial charge in [0.2, 0.25) is 0 Å². The third-order valence-corrected chi connectivity index (χ3v) is 4.63. The van der Waals surface area contributed by atoms with Crippen molar-refractivity contribution >= 4 is 11.6 Å². The van der Waals surface area contributed by atoms with E-state index < -0.39 is 22.7 Å². The lowest BCUT2D eigenvalue weighted by molar-refractivity contribution is -0.384. The summed E-state index contributed by atoms with van der Waals surface area (Å²) in [7, 11) is 0. The summed E-state index contributed by atoms with van der Waals surface area (Å²) in [6, 6.07) is 4.16. The number of nitrogens with one attached hydrogen (secondary N) is 1. The fraction of sp³-hybridized carbons (Fsp3) is 0.438. The Kier molecular flexibility index (Phi) is 4.39. The molecule has 1 aliphatic carbocycles. The van der Waals surface area contributed by atoms with Crippen LogP contribution in [0.1, 0.15) is 42.5 Å². The van der Waals surface area contributed by atoms with E-state index in [0.29, 0.717) is 19.3 Å². The molecular weight excluding hydrogens is 355 g/mol. The van der Waals surface area contributed by atoms with Gasteiger partial charge in [-0.1, -0.05) is 6.42 Å². The molecule has 1 aliphatic heterocycles. The SMILES string of the molecule is O=C(c1ccc([N+](=O)[O-])cc1)N1NC2=C(CCCCC2)C1(O)C(F)(F)F. The summed E-state index contributed by atoms with van der Waals surface area (Å²) < 4.78 is 41.2. The zero-order valence-corrected chi connectivity index (χ0v) is 13.5. The molecule has 1 aromatic carbocycles. The van der Waals surface area contributed by atoms with Crippen LogP contribution in [-0.2, 0) is 0 Å². The molecule has 0 aromatic heterocycles. The topological polar surface area (TPSA) is 95.7 Å². The maximum Gasteiger partial charge on any atom is 0.442 e. The van der Waals surface area contributed by atoms with Crippen LogP contribution in [0.4, 0.5) is 18.9 Å². The first kappa shape index (κ1) is 18.2. The van der Waals surface area contributed by atoms with Crippen LogP contribution in [0, 0.1) is 10.1 Å². The molecule has 0 saturated carbocycles. The van der Waals surface area contributed by atoms with Gasteiger partial charge in [0.25, 0.3) is 17.3 Å². The second-order valence-electron chi connectivity index (χ2n) is 6.24. The maximum atomic E-state index is 13.7. The zero-order chi connectivity index (χ0) is 19.1. The molecule has 0 fully saturated rings. The number of rotatable bonds is 2. The number of nitrogens with zero attached hydrogens (tertiary/aromatic N) is 2. The normalized spacial score (nSPS) is 23.3. The third kappa shape index (κ3) is 2.79. The number of nitro benzene ring substituents is 1. The minimum absolute atomic E-state index is 0.0301. The molecule has 26 heavy (non-hydrogen) atoms. The van der Waals surface area contributed by atoms with Gasteiger partial charge in [0.15, 0.2) is 0 Å². The van der Waals surface area contributed by atoms with Crippen LogP contribution in [0.15, 0.2) is 35.5 Å². The Morgan fingerprint density at radius 1 is 1.19 bits per heavy atom. The summed E-state index contributed by atoms with van der Waals surface area (Å²) in [5.41, 5.74) is -1.55. The van der Waals surface area contributed by atoms with Crippen molar-refractivity contribution in [3.8, 4) is 0 Å². The number of hydrogen-bond donors (Lipinski definition) is 2. The minimum atomic E-state index is -5.10. The van der Waals surface area contributed by atoms with E-state index in [-0.39, 0.29) is 34.0 Å². The van der Waals surface area contributed by atoms with Gasteiger partial charge in [-0.3, -0.25) is 20.3 Å². The molecule has 1 atom stereocenters. The molecule has 1 aromatic rings. The lowest BCUT2D eigenvalue weighted by Gasteiger charge is -2.36. The molecule has 7 nitrogen and oxygen atoms in total. The van der Waals surface area contributed by atoms with Crippen molar-refractivity contribution in [3.63, 3.8) is 0 Å². The standard InChI is InChI=1S/C16H16F3N3O4/c17-16(18,19)15(24)12-4-2-1-3-5-13(12)20-21(15)14(23)10-6-8-11(9-7-10)22(25)26/h6-9,20,24H,1-5H2. The molecule has 0 bridgehead atoms. The lowest BCUT2D eigenvalue weighted by atomic mass is 9.96. The van der Waals surface area contributed by atoms with Crippen LogP contribution < -0.4 is 5.43 Å². The number of non-ortho nitro benzene ring substituents is 1. The molecule has 0 radical (unpaired) electrons. The summed E-state index contributed by atoms with van der Waals surface area (Å²) in [6.45, 7) is 0. The quantitative estimate of drug-likeness (QED) is 0.615. The van der Waals surface area contributed by atoms with Crippen molar-refractivity contribution < 1.29 is 28.0 Å². The van der Waals surface area contributed by atoms with Gasteiger partial charge >= 0.3 is 6.18 Å². The molecule has 0 saturated heterocycles. The van der Waals surface area contributed by atoms with Crippen molar-refractivity contribution in [2.75, 3.05) is 0 Å². The second kappa shape index (κ2) is 6.27. The Balaban J connectivity index is 1.98. The van der Waals surface area contributed by atoms with Crippen LogP contribution in [0.3, 0.4) is 0 Å². The number of alkyl halides is 3. The number of benzene rings is 1. The average molecular weight is 371 g/mol. The van der Waals surface area contributed by atoms with E-state index in [4.69, 9.17) is 0 Å². The second-order valence-corrected chi connectivity index (χ2v) is 6.24. The smallest absolute Gasteiger partial charge is 0.359 e. The van der Waals surface area contributed by atoms with Gasteiger partial charge in [0.1, 0.15) is 0 Å². The summed E-state index contributed by atoms with van der Waals surface area (Å²) in [6.07, 6.45) is -2.89. The van der Waals surface area contributed by atoms with E-state index in [2.05, 4.69) is 5.43 Å². The van der Waals surface area contributed by atoms with Crippen molar-refractivity contribution in [1.29, 1.82) is 0 Å². The molecule has 0 spiro atoms. The number of hydrazine groups is 1. The fourth-order valence-corrected chi connectivity index (χ4v) is 3.29. The first-order valence-electron chi connectivity index (χ1n) is 8.03. The number of carbonyl (C=O) groups excluding carboxylic acids is 1. The van der Waals surface area contributed by atoms with Crippen LogP contribution in [-0.4, -0.2) is 32.8 Å². The highest BCUT2D eigenvalue weighted by Crippen LogP contribution is 2.47. The molecule has 3 rings (SSSR count). The number of allylic oxidation sites excluding steroid dienone is 1. The van der Waals surface area contributed by atoms with Gasteiger partial charge in [-0.15, -0.1) is 0 Å². The first-order valence-corrected chi connectivity index (χ1v) is 8.03. The van der Waals surface area contributed by atoms with Gasteiger partial charge in [-0.25, -0.2) is 5.01 Å². The van der Waals surface area contributed by atoms with Crippen LogP contribution in [0.2, 0.25) is 0 Å². The van der Waals surface area contributed by atoms with Crippen molar-refractivity contribution in [1.82, 2.24) is 10.4 Å². The van der Waals surface area contributed by atoms with E-state index in [9.17, 15) is 33.2 Å². The van der Waals surface area contributed by atoms with Crippen molar-refractivity contribution in [2.45, 2.75) is 44.0 Å². The monoisotopic (exact) mass is 371 g/mol. The lowest BCUT2D eigenvalue weighted by Crippen LogP contribution is -2.62. The zero-order valence-electron chi connectivity index (χ0n) is 13.5. The van der Waals surface area contributed by atoms with Gasteiger partial charge < -0.3 is 5.11 Å². The molecule has 1 amide bonds. The number of halogens is 3. The molecule has 1 heterocycles. The number of carbonyl (C=O) groups is 1. The van der Waals surface area contributed by atoms with Crippen molar-refractivity contribution in [3.05, 3.63) is 51.2 Å². The summed E-state index contributed by atoms with van der Waals surface area (Å²) in [4.78, 5) is 22.6. The van der Waals surface area contributed by atoms with E-state index in [1.54, 1.807) is 0 Å². The highest BCUT2D eigenvalue weighted by molar-refractivity contribution is 5.95. The molecule has 1 unspecified atom stereocenters. The highest BCUT2D eigenvalue weighted by Gasteiger charge is 2.65. The maximum absolute atomic E-state index is 13.7. The first-order chi connectivity index (χ1) is 12.2. The number of hydrogen-bond acceptors (Lipinski definition) is 5. The van der Waals surface area contributed by atoms with E-state index in [0.717, 1.165) is 30.7 Å². The van der Waals surface area contributed by atoms with Gasteiger partial charge in [0.05, 0.1) is 4.92 Å². The fourth-order valence-electron chi connectivity index (χ4n) is 3.29. The van der Waals surface area contributed by atoms with Crippen LogP contribution in [0.25, 0.3) is 0 Å². The summed E-state index contributed by atoms with van der Waals surface area (Å²) in [5.74, 6) is -1.12. The van der Waals surface area contributed by atoms with E-state index >= 15 is 0 Å². The average Bonchev–Trinajstić information content (AvgIpc) is 2.74. The van der Waals surface area contributed by atoms with Gasteiger partial charge in [-0.2, -0.15) is 13.2 Å². The Hall–Kier alpha value is -2.62. The Bertz CT molecular complexity index is 776. The van der Waals surface area contributed by atoms with Crippen LogP contribution in [0.5, 0.6) is 0 Å². The minimum Gasteiger partial charge on any atom is -0.359 e. The Labute approximate surface area is 146 Å². The highest BCUT2D eigenvalue weighted by atomic mass is 19.4. The Morgan fingerprint density at radius 3 is 2.38 bits per heavy atom. The largest absolute Gasteiger partial charge is 0.442 e. The molecule has 140 valence electrons. The summed E-state index contributed by atoms with van der Waals surface area (Å²) in [5, 5.41) is 21.4. The van der Waals surface area contributed by atoms with Gasteiger partial charge in [-0.05, 0) is 37.8 Å². The Morgan fingerprint density at radius 2 is 1.81 bits per heavy atom. The predicted octanol–water partition coefficient (Wildman–Crippen LogP) is 3.02. The van der Waals surface area contributed by atoms with Crippen LogP contribution >= 0.6 is 0 Å². The van der Waals surface area contributed by atoms with E-state index in [1.165, 1.54) is 0 Å². The van der Waals surface area contributed by atoms with Crippen molar-refractivity contribution in [2.24, 2.45) is 0 Å². The molecule has 10 heteroatoms. The molecular formula is C16H16F3N3O4. The predicted molar refractivity (Wildman–Crippen MR) is 83.5 cm³/mol. The summed E-state index contributed by atoms with van der Waals surface area (Å²) >= 11 is 0. The van der Waals surface area contributed by atoms with Gasteiger partial charge in [0, 0.05) is 29.0 Å². The third-order valence-electron chi connectivity index (χ3n) is 4.63.